The van der Waals surface area contributed by atoms with Crippen LogP contribution in [0.3, 0.4) is 0 Å². The van der Waals surface area contributed by atoms with Crippen molar-refractivity contribution in [2.45, 2.75) is 69.3 Å². The van der Waals surface area contributed by atoms with Crippen molar-refractivity contribution in [3.63, 3.8) is 0 Å². The van der Waals surface area contributed by atoms with Gasteiger partial charge >= 0.3 is 22.9 Å². The number of alkyl halides is 10. The van der Waals surface area contributed by atoms with Crippen LogP contribution in [0.1, 0.15) is 46.5 Å². The summed E-state index contributed by atoms with van der Waals surface area (Å²) in [4.78, 5) is 11.1. The molecule has 0 saturated heterocycles. The molecule has 0 saturated carbocycles. The maximum atomic E-state index is 12.3. The summed E-state index contributed by atoms with van der Waals surface area (Å²) in [6.07, 6.45) is -7.90. The van der Waals surface area contributed by atoms with Gasteiger partial charge in [-0.05, 0) is 25.3 Å². The van der Waals surface area contributed by atoms with E-state index in [1.54, 1.807) is 0 Å². The molecule has 234 valence electrons. The molecule has 0 rings (SSSR count). The predicted molar refractivity (Wildman–Crippen MR) is 122 cm³/mol. The molecule has 1 amide bonds. The number of carbonyl (C=O) groups excluding carboxylic acids is 1. The Morgan fingerprint density at radius 2 is 1.08 bits per heavy atom. The van der Waals surface area contributed by atoms with Crippen LogP contribution in [0.15, 0.2) is 12.7 Å². The molecule has 0 aliphatic carbocycles. The fourth-order valence-corrected chi connectivity index (χ4v) is 5.67. The largest absolute Gasteiger partial charge is 0.467 e. The lowest BCUT2D eigenvalue weighted by atomic mass is 10.2. The third-order valence-corrected chi connectivity index (χ3v) is 8.22. The predicted octanol–water partition coefficient (Wildman–Crippen LogP) is 5.06. The third kappa shape index (κ3) is 11.0. The normalized spacial score (nSPS) is 13.9. The van der Waals surface area contributed by atoms with Crippen LogP contribution in [0.2, 0.25) is 0 Å². The highest BCUT2D eigenvalue weighted by Gasteiger charge is 2.68. The summed E-state index contributed by atoms with van der Waals surface area (Å²) in [6.45, 7) is 16.0. The fourth-order valence-electron chi connectivity index (χ4n) is 3.31. The molecule has 0 aliphatic rings. The topological polar surface area (TPSA) is 111 Å². The monoisotopic (exact) mass is 635 g/mol. The van der Waals surface area contributed by atoms with Crippen LogP contribution in [0.4, 0.5) is 43.9 Å². The lowest BCUT2D eigenvalue weighted by molar-refractivity contribution is -0.928. The minimum Gasteiger partial charge on any atom is -0.425 e. The van der Waals surface area contributed by atoms with Crippen molar-refractivity contribution in [3.8, 4) is 0 Å². The molecule has 1 N–H and O–H groups in total. The van der Waals surface area contributed by atoms with Gasteiger partial charge in [-0.25, -0.2) is 16.8 Å². The average molecular weight is 636 g/mol. The molecular weight excluding hydrogens is 604 g/mol. The van der Waals surface area contributed by atoms with Gasteiger partial charge in [0.15, 0.2) is 20.0 Å². The number of halogens is 10. The first-order valence-corrected chi connectivity index (χ1v) is 14.1. The summed E-state index contributed by atoms with van der Waals surface area (Å²) in [5.74, 6) is -0.0606. The van der Waals surface area contributed by atoms with E-state index in [0.717, 1.165) is 13.0 Å². The first-order valence-electron chi connectivity index (χ1n) is 11.2. The Bertz CT molecular complexity index is 927. The van der Waals surface area contributed by atoms with Crippen LogP contribution in [-0.4, -0.2) is 82.8 Å². The van der Waals surface area contributed by atoms with Gasteiger partial charge in [-0.1, -0.05) is 27.4 Å². The van der Waals surface area contributed by atoms with E-state index >= 15 is 0 Å². The summed E-state index contributed by atoms with van der Waals surface area (Å²) < 4.78 is 162. The highest BCUT2D eigenvalue weighted by Crippen LogP contribution is 2.47. The number of rotatable bonds is 15. The molecule has 20 heteroatoms. The number of hydrogen-bond donors (Lipinski definition) is 1. The van der Waals surface area contributed by atoms with Gasteiger partial charge in [-0.3, -0.25) is 4.79 Å². The van der Waals surface area contributed by atoms with Gasteiger partial charge in [0.05, 0.1) is 26.2 Å². The summed E-state index contributed by atoms with van der Waals surface area (Å²) >= 11 is 0. The Labute approximate surface area is 220 Å². The number of hydrogen-bond acceptors (Lipinski definition) is 5. The number of quaternary nitrogens is 1. The van der Waals surface area contributed by atoms with Crippen molar-refractivity contribution in [3.05, 3.63) is 16.8 Å². The molecule has 0 unspecified atom stereocenters. The third-order valence-electron chi connectivity index (χ3n) is 4.89. The van der Waals surface area contributed by atoms with Gasteiger partial charge in [-0.2, -0.15) is 43.9 Å². The Morgan fingerprint density at radius 1 is 0.744 bits per heavy atom. The van der Waals surface area contributed by atoms with Crippen molar-refractivity contribution >= 4 is 26.0 Å². The molecular formula is C19H31F10N3O5S2. The fraction of sp³-hybridized carbons (Fsp3) is 0.842. The van der Waals surface area contributed by atoms with Gasteiger partial charge < -0.3 is 13.9 Å². The first-order chi connectivity index (χ1) is 17.3. The Balaban J connectivity index is 0. The molecule has 0 bridgehead atoms. The maximum Gasteiger partial charge on any atom is 0.467 e. The van der Waals surface area contributed by atoms with E-state index in [2.05, 4.69) is 32.7 Å². The van der Waals surface area contributed by atoms with E-state index in [1.165, 1.54) is 56.0 Å². The number of nitrogens with one attached hydrogen (secondary N) is 1. The van der Waals surface area contributed by atoms with E-state index in [1.807, 2.05) is 0 Å². The summed E-state index contributed by atoms with van der Waals surface area (Å²) in [5, 5.41) is -11.1. The smallest absolute Gasteiger partial charge is 0.425 e. The zero-order chi connectivity index (χ0) is 31.6. The highest BCUT2D eigenvalue weighted by atomic mass is 32.3. The van der Waals surface area contributed by atoms with Gasteiger partial charge in [-0.15, -0.1) is 0 Å². The number of nitrogens with zero attached hydrogens (tertiary/aromatic N) is 2. The van der Waals surface area contributed by atoms with E-state index in [-0.39, 0.29) is 5.91 Å². The van der Waals surface area contributed by atoms with Crippen molar-refractivity contribution in [1.82, 2.24) is 5.32 Å². The highest BCUT2D eigenvalue weighted by molar-refractivity contribution is 8.13. The molecule has 39 heavy (non-hydrogen) atoms. The van der Waals surface area contributed by atoms with E-state index < -0.39 is 42.9 Å². The van der Waals surface area contributed by atoms with Gasteiger partial charge in [0.1, 0.15) is 0 Å². The standard InChI is InChI=1S/C15H30N2O.C4F10NO4S2/c1-5-11-17(12-6-2,13-7-3)14-9-10-16-15(18)8-4;5-1(6,7)3(11,12)20(16,17)15-21(18,19)4(13,14)2(8,9)10/h8H,4-7,9-14H2,1-3H3;/q;-1/p+1. The second kappa shape index (κ2) is 14.8. The zero-order valence-corrected chi connectivity index (χ0v) is 22.8. The van der Waals surface area contributed by atoms with Gasteiger partial charge in [0.25, 0.3) is 0 Å². The van der Waals surface area contributed by atoms with Crippen molar-refractivity contribution < 1.29 is 70.0 Å². The molecule has 0 fully saturated rings. The first kappa shape index (κ1) is 39.5. The molecule has 0 spiro atoms. The van der Waals surface area contributed by atoms with E-state index in [4.69, 9.17) is 0 Å². The van der Waals surface area contributed by atoms with Crippen LogP contribution < -0.4 is 5.32 Å². The minimum absolute atomic E-state index is 0.0606. The SMILES string of the molecule is C=CC(=O)NCCC[N+](CCC)(CCC)CCC.O=S(=O)([N-]S(=O)(=O)C(F)(F)C(F)(F)F)C(F)(F)C(F)(F)F. The van der Waals surface area contributed by atoms with Crippen molar-refractivity contribution in [1.29, 1.82) is 0 Å². The van der Waals surface area contributed by atoms with Crippen molar-refractivity contribution in [2.24, 2.45) is 0 Å². The molecule has 0 atom stereocenters. The number of amides is 1. The van der Waals surface area contributed by atoms with Crippen LogP contribution >= 0.6 is 0 Å². The maximum absolute atomic E-state index is 12.3. The Morgan fingerprint density at radius 3 is 1.33 bits per heavy atom. The number of carbonyl (C=O) groups is 1. The van der Waals surface area contributed by atoms with Gasteiger partial charge in [0, 0.05) is 13.0 Å². The van der Waals surface area contributed by atoms with E-state index in [0.29, 0.717) is 4.13 Å². The Hall–Kier alpha value is -1.67. The molecule has 0 heterocycles. The minimum atomic E-state index is -7.62. The molecule has 0 aromatic heterocycles. The van der Waals surface area contributed by atoms with Crippen LogP contribution in [-0.2, 0) is 24.8 Å². The van der Waals surface area contributed by atoms with Gasteiger partial charge in [0.2, 0.25) is 5.91 Å². The summed E-state index contributed by atoms with van der Waals surface area (Å²) in [6, 6.07) is 0. The summed E-state index contributed by atoms with van der Waals surface area (Å²) in [7, 11) is -15.2. The van der Waals surface area contributed by atoms with Crippen LogP contribution in [0, 0.1) is 0 Å². The quantitative estimate of drug-likeness (QED) is 0.117. The molecule has 8 nitrogen and oxygen atoms in total. The zero-order valence-electron chi connectivity index (χ0n) is 21.2. The number of sulfonamides is 2. The second-order valence-electron chi connectivity index (χ2n) is 8.14. The molecule has 0 radical (unpaired) electrons. The molecule has 0 aromatic rings. The lowest BCUT2D eigenvalue weighted by Gasteiger charge is -2.38. The average Bonchev–Trinajstić information content (AvgIpc) is 2.75. The molecule has 0 aliphatic heterocycles. The Kier molecular flexibility index (Phi) is 15.0. The van der Waals surface area contributed by atoms with Crippen molar-refractivity contribution in [2.75, 3.05) is 32.7 Å². The van der Waals surface area contributed by atoms with E-state index in [9.17, 15) is 65.5 Å². The van der Waals surface area contributed by atoms with Crippen LogP contribution in [0.5, 0.6) is 0 Å². The second-order valence-corrected chi connectivity index (χ2v) is 11.7. The lowest BCUT2D eigenvalue weighted by Crippen LogP contribution is -2.51. The summed E-state index contributed by atoms with van der Waals surface area (Å²) in [5.41, 5.74) is 0. The molecule has 0 aromatic carbocycles. The van der Waals surface area contributed by atoms with Crippen LogP contribution in [0.25, 0.3) is 4.13 Å².